The first-order valence-electron chi connectivity index (χ1n) is 8.30. The molecule has 1 N–H and O–H groups in total. The summed E-state index contributed by atoms with van der Waals surface area (Å²) < 4.78 is 10.9. The van der Waals surface area contributed by atoms with Gasteiger partial charge in [0.1, 0.15) is 5.76 Å². The summed E-state index contributed by atoms with van der Waals surface area (Å²) in [5.74, 6) is 1.36. The van der Waals surface area contributed by atoms with Gasteiger partial charge >= 0.3 is 0 Å². The summed E-state index contributed by atoms with van der Waals surface area (Å²) in [5.41, 5.74) is 3.68. The number of ketones is 1. The normalized spacial score (nSPS) is 11.3. The zero-order chi connectivity index (χ0) is 18.1. The molecular weight excluding hydrogens is 350 g/mol. The number of aromatic nitrogens is 3. The van der Waals surface area contributed by atoms with E-state index in [4.69, 9.17) is 8.83 Å². The molecule has 0 saturated heterocycles. The zero-order valence-corrected chi connectivity index (χ0v) is 15.2. The van der Waals surface area contributed by atoms with Crippen molar-refractivity contribution in [3.63, 3.8) is 0 Å². The smallest absolute Gasteiger partial charge is 0.277 e. The molecule has 0 bridgehead atoms. The highest BCUT2D eigenvalue weighted by Crippen LogP contribution is 2.28. The highest BCUT2D eigenvalue weighted by Gasteiger charge is 2.17. The van der Waals surface area contributed by atoms with E-state index in [-0.39, 0.29) is 11.5 Å². The molecule has 6 nitrogen and oxygen atoms in total. The van der Waals surface area contributed by atoms with Crippen LogP contribution in [-0.2, 0) is 6.42 Å². The minimum Gasteiger partial charge on any atom is -0.469 e. The summed E-state index contributed by atoms with van der Waals surface area (Å²) >= 11 is 1.23. The number of carbonyl (C=O) groups is 1. The van der Waals surface area contributed by atoms with Crippen molar-refractivity contribution in [2.45, 2.75) is 25.5 Å². The molecule has 0 fully saturated rings. The fourth-order valence-corrected chi connectivity index (χ4v) is 3.58. The number of fused-ring (bicyclic) bond motifs is 1. The number of benzene rings is 1. The Morgan fingerprint density at radius 1 is 1.27 bits per heavy atom. The van der Waals surface area contributed by atoms with Gasteiger partial charge in [-0.15, -0.1) is 10.2 Å². The predicted octanol–water partition coefficient (Wildman–Crippen LogP) is 4.66. The number of hydrogen-bond donors (Lipinski definition) is 1. The van der Waals surface area contributed by atoms with E-state index in [1.807, 2.05) is 19.1 Å². The first-order valence-corrected chi connectivity index (χ1v) is 9.29. The minimum atomic E-state index is 0.0220. The Hall–Kier alpha value is -2.80. The second-order valence-corrected chi connectivity index (χ2v) is 6.80. The number of carbonyl (C=O) groups excluding carboxylic acids is 1. The van der Waals surface area contributed by atoms with Crippen molar-refractivity contribution < 1.29 is 13.6 Å². The van der Waals surface area contributed by atoms with Gasteiger partial charge in [0.05, 0.1) is 17.6 Å². The van der Waals surface area contributed by atoms with Crippen molar-refractivity contribution in [2.24, 2.45) is 0 Å². The second kappa shape index (κ2) is 6.84. The van der Waals surface area contributed by atoms with Crippen LogP contribution in [0.5, 0.6) is 0 Å². The van der Waals surface area contributed by atoms with Crippen LogP contribution in [-0.4, -0.2) is 26.7 Å². The summed E-state index contributed by atoms with van der Waals surface area (Å²) in [7, 11) is 0. The SMILES string of the molecule is CCc1cccc2c(C(=O)CSc3nnc(-c4ccoc4C)o3)c[nH]c12. The molecule has 132 valence electrons. The van der Waals surface area contributed by atoms with Crippen LogP contribution in [0.4, 0.5) is 0 Å². The fraction of sp³-hybridized carbons (Fsp3) is 0.211. The molecule has 7 heteroatoms. The van der Waals surface area contributed by atoms with Crippen LogP contribution in [0, 0.1) is 6.92 Å². The molecule has 0 spiro atoms. The van der Waals surface area contributed by atoms with E-state index in [2.05, 4.69) is 28.2 Å². The summed E-state index contributed by atoms with van der Waals surface area (Å²) in [5, 5.41) is 9.34. The van der Waals surface area contributed by atoms with Crippen LogP contribution in [0.3, 0.4) is 0 Å². The minimum absolute atomic E-state index is 0.0220. The Morgan fingerprint density at radius 2 is 2.15 bits per heavy atom. The second-order valence-electron chi connectivity index (χ2n) is 5.87. The van der Waals surface area contributed by atoms with Crippen molar-refractivity contribution >= 4 is 28.4 Å². The topological polar surface area (TPSA) is 84.9 Å². The van der Waals surface area contributed by atoms with E-state index in [9.17, 15) is 4.79 Å². The predicted molar refractivity (Wildman–Crippen MR) is 99.5 cm³/mol. The lowest BCUT2D eigenvalue weighted by molar-refractivity contribution is 0.102. The third-order valence-electron chi connectivity index (χ3n) is 4.31. The van der Waals surface area contributed by atoms with Gasteiger partial charge in [0, 0.05) is 22.7 Å². The van der Waals surface area contributed by atoms with E-state index >= 15 is 0 Å². The van der Waals surface area contributed by atoms with E-state index in [1.54, 1.807) is 18.5 Å². The number of furan rings is 1. The molecule has 3 aromatic heterocycles. The molecule has 4 aromatic rings. The third kappa shape index (κ3) is 2.94. The number of H-pyrrole nitrogens is 1. The maximum absolute atomic E-state index is 12.6. The number of para-hydroxylation sites is 1. The highest BCUT2D eigenvalue weighted by atomic mass is 32.2. The molecule has 0 aliphatic rings. The Balaban J connectivity index is 1.50. The maximum atomic E-state index is 12.6. The van der Waals surface area contributed by atoms with E-state index < -0.39 is 0 Å². The first-order chi connectivity index (χ1) is 12.7. The summed E-state index contributed by atoms with van der Waals surface area (Å²) in [6, 6.07) is 7.80. The van der Waals surface area contributed by atoms with Crippen molar-refractivity contribution in [1.82, 2.24) is 15.2 Å². The molecule has 26 heavy (non-hydrogen) atoms. The lowest BCUT2D eigenvalue weighted by Gasteiger charge is -2.00. The van der Waals surface area contributed by atoms with Crippen LogP contribution >= 0.6 is 11.8 Å². The number of Topliss-reactive ketones (excluding diaryl/α,β-unsaturated/α-hetero) is 1. The molecule has 0 unspecified atom stereocenters. The number of thioether (sulfide) groups is 1. The van der Waals surface area contributed by atoms with Crippen molar-refractivity contribution in [3.8, 4) is 11.5 Å². The molecule has 0 radical (unpaired) electrons. The van der Waals surface area contributed by atoms with Crippen LogP contribution in [0.1, 0.15) is 28.6 Å². The van der Waals surface area contributed by atoms with Crippen molar-refractivity contribution in [1.29, 1.82) is 0 Å². The van der Waals surface area contributed by atoms with E-state index in [0.29, 0.717) is 22.4 Å². The number of aryl methyl sites for hydroxylation is 2. The van der Waals surface area contributed by atoms with E-state index in [1.165, 1.54) is 17.3 Å². The van der Waals surface area contributed by atoms with Gasteiger partial charge in [-0.1, -0.05) is 36.9 Å². The molecule has 0 amide bonds. The first kappa shape index (κ1) is 16.7. The van der Waals surface area contributed by atoms with Crippen LogP contribution < -0.4 is 0 Å². The Kier molecular flexibility index (Phi) is 4.38. The molecule has 0 aliphatic heterocycles. The van der Waals surface area contributed by atoms with Gasteiger partial charge < -0.3 is 13.8 Å². The number of aromatic amines is 1. The average molecular weight is 367 g/mol. The van der Waals surface area contributed by atoms with Gasteiger partial charge in [-0.05, 0) is 25.0 Å². The van der Waals surface area contributed by atoms with Gasteiger partial charge in [0.25, 0.3) is 11.1 Å². The number of rotatable bonds is 6. The van der Waals surface area contributed by atoms with Gasteiger partial charge in [-0.3, -0.25) is 4.79 Å². The maximum Gasteiger partial charge on any atom is 0.277 e. The quantitative estimate of drug-likeness (QED) is 0.394. The number of nitrogens with one attached hydrogen (secondary N) is 1. The molecule has 0 atom stereocenters. The van der Waals surface area contributed by atoms with E-state index in [0.717, 1.165) is 22.9 Å². The number of nitrogens with zero attached hydrogens (tertiary/aromatic N) is 2. The van der Waals surface area contributed by atoms with Gasteiger partial charge in [-0.25, -0.2) is 0 Å². The van der Waals surface area contributed by atoms with Crippen molar-refractivity contribution in [3.05, 3.63) is 53.6 Å². The lowest BCUT2D eigenvalue weighted by Crippen LogP contribution is -2.01. The zero-order valence-electron chi connectivity index (χ0n) is 14.4. The standard InChI is InChI=1S/C19H17N3O3S/c1-3-12-5-4-6-14-15(9-20-17(12)14)16(23)10-26-19-22-21-18(25-19)13-7-8-24-11(13)2/h4-9,20H,3,10H2,1-2H3. The molecular formula is C19H17N3O3S. The van der Waals surface area contributed by atoms with Gasteiger partial charge in [0.15, 0.2) is 5.78 Å². The monoisotopic (exact) mass is 367 g/mol. The average Bonchev–Trinajstić information content (AvgIpc) is 3.38. The van der Waals surface area contributed by atoms with Crippen LogP contribution in [0.25, 0.3) is 22.4 Å². The van der Waals surface area contributed by atoms with Crippen LogP contribution in [0.15, 0.2) is 50.8 Å². The molecule has 0 aliphatic carbocycles. The molecule has 0 saturated carbocycles. The Labute approximate surface area is 154 Å². The molecule has 3 heterocycles. The third-order valence-corrected chi connectivity index (χ3v) is 5.12. The molecule has 1 aromatic carbocycles. The largest absolute Gasteiger partial charge is 0.469 e. The molecule has 4 rings (SSSR count). The summed E-state index contributed by atoms with van der Waals surface area (Å²) in [6.07, 6.45) is 4.27. The highest BCUT2D eigenvalue weighted by molar-refractivity contribution is 7.99. The Morgan fingerprint density at radius 3 is 2.92 bits per heavy atom. The summed E-state index contributed by atoms with van der Waals surface area (Å²) in [4.78, 5) is 15.9. The van der Waals surface area contributed by atoms with Crippen molar-refractivity contribution in [2.75, 3.05) is 5.75 Å². The van der Waals surface area contributed by atoms with Gasteiger partial charge in [-0.2, -0.15) is 0 Å². The fourth-order valence-electron chi connectivity index (χ4n) is 2.93. The lowest BCUT2D eigenvalue weighted by atomic mass is 10.1. The number of hydrogen-bond acceptors (Lipinski definition) is 6. The Bertz CT molecular complexity index is 1080. The summed E-state index contributed by atoms with van der Waals surface area (Å²) in [6.45, 7) is 3.93. The van der Waals surface area contributed by atoms with Gasteiger partial charge in [0.2, 0.25) is 0 Å². The van der Waals surface area contributed by atoms with Crippen LogP contribution in [0.2, 0.25) is 0 Å².